The Balaban J connectivity index is 3.04. The number of nitrogens with zero attached hydrogens (tertiary/aromatic N) is 2. The lowest BCUT2D eigenvalue weighted by Gasteiger charge is -2.05. The lowest BCUT2D eigenvalue weighted by atomic mass is 10.2. The van der Waals surface area contributed by atoms with Gasteiger partial charge in [-0.25, -0.2) is 9.97 Å². The second-order valence-electron chi connectivity index (χ2n) is 2.62. The maximum absolute atomic E-state index is 10.1. The lowest BCUT2D eigenvalue weighted by Crippen LogP contribution is -2.03. The van der Waals surface area contributed by atoms with Gasteiger partial charge >= 0.3 is 0 Å². The van der Waals surface area contributed by atoms with Crippen molar-refractivity contribution in [3.63, 3.8) is 0 Å². The molecule has 1 heterocycles. The van der Waals surface area contributed by atoms with E-state index in [9.17, 15) is 4.79 Å². The normalized spacial score (nSPS) is 9.93. The Morgan fingerprint density at radius 1 is 1.36 bits per heavy atom. The van der Waals surface area contributed by atoms with E-state index in [-0.39, 0.29) is 16.3 Å². The molecule has 14 heavy (non-hydrogen) atoms. The van der Waals surface area contributed by atoms with Gasteiger partial charge in [-0.15, -0.1) is 0 Å². The van der Waals surface area contributed by atoms with Crippen molar-refractivity contribution < 1.29 is 4.79 Å². The number of aromatic nitrogens is 2. The molecule has 0 saturated carbocycles. The first-order valence-corrected chi connectivity index (χ1v) is 4.86. The Hall–Kier alpha value is -0.870. The van der Waals surface area contributed by atoms with E-state index in [1.54, 1.807) is 0 Å². The monoisotopic (exact) mass is 233 g/mol. The molecule has 0 unspecified atom stereocenters. The first-order chi connectivity index (χ1) is 6.69. The van der Waals surface area contributed by atoms with Crippen molar-refractivity contribution in [2.45, 2.75) is 19.8 Å². The Labute approximate surface area is 91.6 Å². The third-order valence-corrected chi connectivity index (χ3v) is 2.22. The summed E-state index contributed by atoms with van der Waals surface area (Å²) in [6.07, 6.45) is 2.10. The van der Waals surface area contributed by atoms with Crippen LogP contribution in [0, 0.1) is 0 Å². The molecule has 6 heteroatoms. The summed E-state index contributed by atoms with van der Waals surface area (Å²) in [5.41, 5.74) is 0.715. The van der Waals surface area contributed by atoms with Gasteiger partial charge in [0, 0.05) is 5.56 Å². The van der Waals surface area contributed by atoms with Crippen LogP contribution >= 0.6 is 23.2 Å². The van der Waals surface area contributed by atoms with Crippen LogP contribution in [-0.4, -0.2) is 16.4 Å². The highest BCUT2D eigenvalue weighted by Gasteiger charge is 2.10. The Morgan fingerprint density at radius 2 is 1.93 bits per heavy atom. The molecule has 0 aliphatic carbocycles. The molecule has 0 radical (unpaired) electrons. The number of carbonyl (C=O) groups excluding carboxylic acids is 1. The maximum Gasteiger partial charge on any atom is 0.232 e. The zero-order valence-electron chi connectivity index (χ0n) is 7.55. The molecule has 1 aromatic rings. The number of anilines is 1. The maximum atomic E-state index is 10.1. The van der Waals surface area contributed by atoms with Crippen LogP contribution in [0.2, 0.25) is 10.3 Å². The summed E-state index contributed by atoms with van der Waals surface area (Å²) in [5.74, 6) is 0.120. The molecular formula is C8H9Cl2N3O. The first-order valence-electron chi connectivity index (χ1n) is 4.11. The van der Waals surface area contributed by atoms with Crippen LogP contribution in [0.3, 0.4) is 0 Å². The van der Waals surface area contributed by atoms with Crippen molar-refractivity contribution in [3.05, 3.63) is 15.9 Å². The molecule has 0 atom stereocenters. The van der Waals surface area contributed by atoms with Crippen LogP contribution in [0.5, 0.6) is 0 Å². The van der Waals surface area contributed by atoms with E-state index in [4.69, 9.17) is 23.2 Å². The molecule has 1 rings (SSSR count). The minimum atomic E-state index is 0.120. The number of halogens is 2. The lowest BCUT2D eigenvalue weighted by molar-refractivity contribution is -0.105. The van der Waals surface area contributed by atoms with Gasteiger partial charge in [-0.05, 0) is 6.42 Å². The van der Waals surface area contributed by atoms with Gasteiger partial charge in [-0.3, -0.25) is 10.1 Å². The third kappa shape index (κ3) is 2.56. The molecule has 0 aliphatic rings. The van der Waals surface area contributed by atoms with Gasteiger partial charge in [0.05, 0.1) is 0 Å². The van der Waals surface area contributed by atoms with Crippen molar-refractivity contribution in [1.82, 2.24) is 9.97 Å². The van der Waals surface area contributed by atoms with E-state index in [0.717, 1.165) is 12.8 Å². The number of rotatable bonds is 4. The van der Waals surface area contributed by atoms with Crippen LogP contribution in [0.4, 0.5) is 5.95 Å². The summed E-state index contributed by atoms with van der Waals surface area (Å²) >= 11 is 11.7. The smallest absolute Gasteiger partial charge is 0.232 e. The number of hydrogen-bond donors (Lipinski definition) is 1. The van der Waals surface area contributed by atoms with Gasteiger partial charge in [0.15, 0.2) is 0 Å². The second-order valence-corrected chi connectivity index (χ2v) is 3.34. The number of amides is 1. The number of hydrogen-bond acceptors (Lipinski definition) is 3. The van der Waals surface area contributed by atoms with Crippen LogP contribution < -0.4 is 5.32 Å². The molecule has 0 bridgehead atoms. The summed E-state index contributed by atoms with van der Waals surface area (Å²) in [5, 5.41) is 2.86. The predicted octanol–water partition coefficient (Wildman–Crippen LogP) is 2.30. The van der Waals surface area contributed by atoms with Crippen LogP contribution in [0.15, 0.2) is 0 Å². The SMILES string of the molecule is CCCc1c(Cl)nc(NC=O)nc1Cl. The van der Waals surface area contributed by atoms with Crippen molar-refractivity contribution in [3.8, 4) is 0 Å². The van der Waals surface area contributed by atoms with Crippen molar-refractivity contribution >= 4 is 35.6 Å². The van der Waals surface area contributed by atoms with E-state index < -0.39 is 0 Å². The Bertz CT molecular complexity index is 320. The van der Waals surface area contributed by atoms with Crippen molar-refractivity contribution in [2.24, 2.45) is 0 Å². The van der Waals surface area contributed by atoms with Gasteiger partial charge in [0.25, 0.3) is 0 Å². The second kappa shape index (κ2) is 5.12. The number of nitrogens with one attached hydrogen (secondary N) is 1. The van der Waals surface area contributed by atoms with Crippen LogP contribution in [0.1, 0.15) is 18.9 Å². The fraction of sp³-hybridized carbons (Fsp3) is 0.375. The first kappa shape index (κ1) is 11.2. The average molecular weight is 234 g/mol. The zero-order valence-corrected chi connectivity index (χ0v) is 9.06. The summed E-state index contributed by atoms with van der Waals surface area (Å²) in [6.45, 7) is 2.00. The Morgan fingerprint density at radius 3 is 2.36 bits per heavy atom. The summed E-state index contributed by atoms with van der Waals surface area (Å²) in [6, 6.07) is 0. The minimum Gasteiger partial charge on any atom is -0.297 e. The highest BCUT2D eigenvalue weighted by atomic mass is 35.5. The highest BCUT2D eigenvalue weighted by Crippen LogP contribution is 2.23. The quantitative estimate of drug-likeness (QED) is 0.642. The molecule has 4 nitrogen and oxygen atoms in total. The summed E-state index contributed by atoms with van der Waals surface area (Å²) in [7, 11) is 0. The van der Waals surface area contributed by atoms with Gasteiger partial charge < -0.3 is 0 Å². The van der Waals surface area contributed by atoms with E-state index >= 15 is 0 Å². The highest BCUT2D eigenvalue weighted by molar-refractivity contribution is 6.34. The molecule has 1 N–H and O–H groups in total. The van der Waals surface area contributed by atoms with Crippen LogP contribution in [-0.2, 0) is 11.2 Å². The fourth-order valence-electron chi connectivity index (χ4n) is 1.00. The number of carbonyl (C=O) groups is 1. The Kier molecular flexibility index (Phi) is 4.10. The van der Waals surface area contributed by atoms with Crippen LogP contribution in [0.25, 0.3) is 0 Å². The van der Waals surface area contributed by atoms with Crippen molar-refractivity contribution in [1.29, 1.82) is 0 Å². The summed E-state index contributed by atoms with van der Waals surface area (Å²) < 4.78 is 0. The average Bonchev–Trinajstić information content (AvgIpc) is 2.12. The van der Waals surface area contributed by atoms with Gasteiger partial charge in [0.1, 0.15) is 10.3 Å². The molecule has 1 aromatic heterocycles. The van der Waals surface area contributed by atoms with E-state index in [2.05, 4.69) is 15.3 Å². The van der Waals surface area contributed by atoms with Gasteiger partial charge in [-0.2, -0.15) is 0 Å². The molecule has 0 aromatic carbocycles. The standard InChI is InChI=1S/C8H9Cl2N3O/c1-2-3-5-6(9)12-8(11-4-14)13-7(5)10/h4H,2-3H2,1H3,(H,11,12,13,14). The van der Waals surface area contributed by atoms with Crippen molar-refractivity contribution in [2.75, 3.05) is 5.32 Å². The molecule has 0 fully saturated rings. The molecular weight excluding hydrogens is 225 g/mol. The van der Waals surface area contributed by atoms with Gasteiger partial charge in [0.2, 0.25) is 12.4 Å². The molecule has 0 saturated heterocycles. The third-order valence-electron chi connectivity index (χ3n) is 1.59. The summed E-state index contributed by atoms with van der Waals surface area (Å²) in [4.78, 5) is 17.9. The van der Waals surface area contributed by atoms with E-state index in [1.807, 2.05) is 6.92 Å². The van der Waals surface area contributed by atoms with E-state index in [1.165, 1.54) is 0 Å². The molecule has 1 amide bonds. The molecule has 0 spiro atoms. The molecule has 76 valence electrons. The minimum absolute atomic E-state index is 0.120. The predicted molar refractivity (Wildman–Crippen MR) is 55.7 cm³/mol. The topological polar surface area (TPSA) is 54.9 Å². The largest absolute Gasteiger partial charge is 0.297 e. The zero-order chi connectivity index (χ0) is 10.6. The fourth-order valence-corrected chi connectivity index (χ4v) is 1.58. The van der Waals surface area contributed by atoms with Gasteiger partial charge in [-0.1, -0.05) is 36.5 Å². The van der Waals surface area contributed by atoms with E-state index in [0.29, 0.717) is 12.0 Å². The molecule has 0 aliphatic heterocycles.